The number of anilines is 1. The summed E-state index contributed by atoms with van der Waals surface area (Å²) >= 11 is 1.26. The van der Waals surface area contributed by atoms with E-state index in [2.05, 4.69) is 15.3 Å². The summed E-state index contributed by atoms with van der Waals surface area (Å²) in [5.74, 6) is -1.42. The number of hydrogen-bond donors (Lipinski definition) is 1. The lowest BCUT2D eigenvalue weighted by Crippen LogP contribution is -2.34. The normalized spacial score (nSPS) is 11.6. The molecule has 0 aliphatic carbocycles. The molecule has 1 N–H and O–H groups in total. The van der Waals surface area contributed by atoms with Gasteiger partial charge in [0, 0.05) is 42.3 Å². The first kappa shape index (κ1) is 33.8. The number of nitrogens with zero attached hydrogens (tertiary/aromatic N) is 5. The lowest BCUT2D eigenvalue weighted by atomic mass is 10.1. The van der Waals surface area contributed by atoms with Crippen molar-refractivity contribution in [3.05, 3.63) is 124 Å². The number of hydrogen-bond acceptors (Lipinski definition) is 10. The number of ether oxygens (including phenoxy) is 3. The monoisotopic (exact) mass is 694 g/mol. The molecule has 50 heavy (non-hydrogen) atoms. The summed E-state index contributed by atoms with van der Waals surface area (Å²) in [6.45, 7) is -0.104. The van der Waals surface area contributed by atoms with Crippen molar-refractivity contribution >= 4 is 39.4 Å². The van der Waals surface area contributed by atoms with Gasteiger partial charge in [-0.3, -0.25) is 10.1 Å². The lowest BCUT2D eigenvalue weighted by molar-refractivity contribution is -0.126. The van der Waals surface area contributed by atoms with Crippen molar-refractivity contribution in [3.63, 3.8) is 0 Å². The highest BCUT2D eigenvalue weighted by Gasteiger charge is 2.24. The fraction of sp³-hybridized carbons (Fsp3) is 0.167. The third-order valence-electron chi connectivity index (χ3n) is 7.81. The zero-order valence-corrected chi connectivity index (χ0v) is 27.5. The smallest absolute Gasteiger partial charge is 0.337 e. The molecule has 3 aromatic carbocycles. The molecule has 0 aliphatic heterocycles. The fourth-order valence-corrected chi connectivity index (χ4v) is 5.75. The molecule has 0 saturated heterocycles. The number of thiazole rings is 1. The number of benzene rings is 3. The van der Waals surface area contributed by atoms with Gasteiger partial charge in [0.05, 0.1) is 47.6 Å². The van der Waals surface area contributed by atoms with E-state index in [-0.39, 0.29) is 42.1 Å². The molecule has 1 amide bonds. The fourth-order valence-electron chi connectivity index (χ4n) is 5.22. The number of esters is 1. The van der Waals surface area contributed by atoms with Crippen LogP contribution in [0.4, 0.5) is 13.9 Å². The second-order valence-corrected chi connectivity index (χ2v) is 11.8. The van der Waals surface area contributed by atoms with Crippen molar-refractivity contribution in [1.29, 1.82) is 5.26 Å². The van der Waals surface area contributed by atoms with Gasteiger partial charge in [0.15, 0.2) is 11.2 Å². The SMILES string of the molecule is COC(=O)c1ccc2nc(Cc3ccc(-c4cccc(OCc5ccc(C#N)cc5F)n4)cc3F)n(C[C@@H](OC)C(=O)Nc3nccs3)c2c1. The first-order valence-electron chi connectivity index (χ1n) is 15.1. The minimum Gasteiger partial charge on any atom is -0.473 e. The first-order valence-corrected chi connectivity index (χ1v) is 16.0. The quantitative estimate of drug-likeness (QED) is 0.146. The van der Waals surface area contributed by atoms with Crippen molar-refractivity contribution < 1.29 is 32.6 Å². The second-order valence-electron chi connectivity index (χ2n) is 10.9. The molecular weight excluding hydrogens is 666 g/mol. The molecule has 1 atom stereocenters. The number of nitrogens with one attached hydrogen (secondary N) is 1. The number of fused-ring (bicyclic) bond motifs is 1. The Kier molecular flexibility index (Phi) is 10.2. The molecule has 0 unspecified atom stereocenters. The molecule has 252 valence electrons. The van der Waals surface area contributed by atoms with Crippen molar-refractivity contribution in [2.75, 3.05) is 19.5 Å². The molecule has 3 aromatic heterocycles. The van der Waals surface area contributed by atoms with Crippen LogP contribution in [0.25, 0.3) is 22.3 Å². The highest BCUT2D eigenvalue weighted by Crippen LogP contribution is 2.27. The molecule has 6 aromatic rings. The summed E-state index contributed by atoms with van der Waals surface area (Å²) in [7, 11) is 2.69. The van der Waals surface area contributed by atoms with E-state index < -0.39 is 29.6 Å². The number of carbonyl (C=O) groups is 2. The van der Waals surface area contributed by atoms with E-state index in [4.69, 9.17) is 24.5 Å². The van der Waals surface area contributed by atoms with Gasteiger partial charge in [-0.05, 0) is 48.0 Å². The van der Waals surface area contributed by atoms with Gasteiger partial charge < -0.3 is 18.8 Å². The second kappa shape index (κ2) is 15.0. The van der Waals surface area contributed by atoms with Gasteiger partial charge in [-0.1, -0.05) is 24.3 Å². The maximum absolute atomic E-state index is 15.8. The summed E-state index contributed by atoms with van der Waals surface area (Å²) < 4.78 is 47.9. The van der Waals surface area contributed by atoms with Crippen LogP contribution in [0.1, 0.15) is 32.9 Å². The average Bonchev–Trinajstić information content (AvgIpc) is 3.77. The van der Waals surface area contributed by atoms with Crippen LogP contribution < -0.4 is 10.1 Å². The zero-order chi connectivity index (χ0) is 35.2. The maximum Gasteiger partial charge on any atom is 0.337 e. The van der Waals surface area contributed by atoms with Crippen LogP contribution in [0.5, 0.6) is 5.88 Å². The number of methoxy groups -OCH3 is 2. The Morgan fingerprint density at radius 3 is 2.54 bits per heavy atom. The van der Waals surface area contributed by atoms with Crippen molar-refractivity contribution in [2.24, 2.45) is 0 Å². The van der Waals surface area contributed by atoms with Crippen LogP contribution in [0.2, 0.25) is 0 Å². The Hall–Kier alpha value is -6.04. The van der Waals surface area contributed by atoms with Gasteiger partial charge in [0.2, 0.25) is 5.88 Å². The van der Waals surface area contributed by atoms with Crippen molar-refractivity contribution in [1.82, 2.24) is 19.5 Å². The molecule has 0 spiro atoms. The Morgan fingerprint density at radius 1 is 1.00 bits per heavy atom. The van der Waals surface area contributed by atoms with Crippen LogP contribution in [0.3, 0.4) is 0 Å². The van der Waals surface area contributed by atoms with Gasteiger partial charge >= 0.3 is 5.97 Å². The summed E-state index contributed by atoms with van der Waals surface area (Å²) in [4.78, 5) is 38.7. The van der Waals surface area contributed by atoms with E-state index in [1.54, 1.807) is 64.7 Å². The van der Waals surface area contributed by atoms with E-state index in [0.717, 1.165) is 6.07 Å². The minimum atomic E-state index is -0.974. The summed E-state index contributed by atoms with van der Waals surface area (Å²) in [5.41, 5.74) is 3.05. The Balaban J connectivity index is 1.26. The van der Waals surface area contributed by atoms with Crippen LogP contribution >= 0.6 is 11.3 Å². The lowest BCUT2D eigenvalue weighted by Gasteiger charge is -2.18. The number of pyridine rings is 1. The van der Waals surface area contributed by atoms with E-state index in [1.165, 1.54) is 43.8 Å². The number of halogens is 2. The maximum atomic E-state index is 15.8. The molecule has 0 radical (unpaired) electrons. The molecule has 6 rings (SSSR count). The van der Waals surface area contributed by atoms with Crippen molar-refractivity contribution in [2.45, 2.75) is 25.7 Å². The number of nitriles is 1. The molecular formula is C36H28F2N6O5S. The number of amides is 1. The van der Waals surface area contributed by atoms with Gasteiger partial charge in [0.1, 0.15) is 24.1 Å². The van der Waals surface area contributed by atoms with E-state index >= 15 is 4.39 Å². The topological polar surface area (TPSA) is 141 Å². The molecule has 0 bridgehead atoms. The number of aromatic nitrogens is 4. The van der Waals surface area contributed by atoms with Crippen molar-refractivity contribution in [3.8, 4) is 23.2 Å². The third kappa shape index (κ3) is 7.49. The van der Waals surface area contributed by atoms with E-state index in [0.29, 0.717) is 38.8 Å². The van der Waals surface area contributed by atoms with Crippen LogP contribution in [-0.4, -0.2) is 51.7 Å². The number of rotatable bonds is 12. The highest BCUT2D eigenvalue weighted by atomic mass is 32.1. The van der Waals surface area contributed by atoms with Crippen LogP contribution in [0, 0.1) is 23.0 Å². The Bertz CT molecular complexity index is 2230. The van der Waals surface area contributed by atoms with Gasteiger partial charge in [-0.15, -0.1) is 11.3 Å². The summed E-state index contributed by atoms with van der Waals surface area (Å²) in [6, 6.07) is 20.5. The van der Waals surface area contributed by atoms with Gasteiger partial charge in [0.25, 0.3) is 5.91 Å². The predicted molar refractivity (Wildman–Crippen MR) is 180 cm³/mol. The molecule has 0 fully saturated rings. The highest BCUT2D eigenvalue weighted by molar-refractivity contribution is 7.13. The van der Waals surface area contributed by atoms with Crippen LogP contribution in [-0.2, 0) is 33.8 Å². The van der Waals surface area contributed by atoms with Gasteiger partial charge in [-0.25, -0.2) is 28.5 Å². The minimum absolute atomic E-state index is 0.00689. The van der Waals surface area contributed by atoms with Gasteiger partial charge in [-0.2, -0.15) is 5.26 Å². The zero-order valence-electron chi connectivity index (χ0n) is 26.7. The molecule has 14 heteroatoms. The number of imidazole rings is 1. The molecule has 3 heterocycles. The Morgan fingerprint density at radius 2 is 1.82 bits per heavy atom. The predicted octanol–water partition coefficient (Wildman–Crippen LogP) is 6.31. The first-order chi connectivity index (χ1) is 24.3. The standard InChI is InChI=1S/C36H28F2N6O5S/c1-47-31(34(45)43-36-40-12-13-50-36)19-44-30-16-24(35(46)48-2)10-11-29(30)41-32(44)17-22-8-9-23(15-27(22)38)28-4-3-5-33(42-28)49-20-25-7-6-21(18-39)14-26(25)37/h3-16,31H,17,19-20H2,1-2H3,(H,40,43,45)/t31-/m1/s1. The molecule has 11 nitrogen and oxygen atoms in total. The average molecular weight is 695 g/mol. The Labute approximate surface area is 288 Å². The van der Waals surface area contributed by atoms with Crippen LogP contribution in [0.15, 0.2) is 84.4 Å². The molecule has 0 saturated carbocycles. The molecule has 0 aliphatic rings. The summed E-state index contributed by atoms with van der Waals surface area (Å²) in [6.07, 6.45) is 0.643. The van der Waals surface area contributed by atoms with E-state index in [9.17, 15) is 14.0 Å². The third-order valence-corrected chi connectivity index (χ3v) is 8.50. The largest absolute Gasteiger partial charge is 0.473 e. The summed E-state index contributed by atoms with van der Waals surface area (Å²) in [5, 5.41) is 13.8. The van der Waals surface area contributed by atoms with E-state index in [1.807, 2.05) is 6.07 Å². The number of carbonyl (C=O) groups excluding carboxylic acids is 2.